The van der Waals surface area contributed by atoms with Gasteiger partial charge >= 0.3 is 5.97 Å². The van der Waals surface area contributed by atoms with Crippen LogP contribution in [0.3, 0.4) is 0 Å². The molecule has 0 aromatic heterocycles. The lowest BCUT2D eigenvalue weighted by atomic mass is 9.78. The van der Waals surface area contributed by atoms with Crippen LogP contribution in [0.2, 0.25) is 0 Å². The van der Waals surface area contributed by atoms with E-state index < -0.39 is 5.97 Å². The van der Waals surface area contributed by atoms with Gasteiger partial charge in [-0.2, -0.15) is 0 Å². The van der Waals surface area contributed by atoms with E-state index in [9.17, 15) is 9.59 Å². The Morgan fingerprint density at radius 2 is 1.78 bits per heavy atom. The van der Waals surface area contributed by atoms with Crippen molar-refractivity contribution in [3.8, 4) is 0 Å². The molecule has 0 heterocycles. The van der Waals surface area contributed by atoms with E-state index in [0.717, 1.165) is 24.0 Å². The summed E-state index contributed by atoms with van der Waals surface area (Å²) in [4.78, 5) is 24.1. The third kappa shape index (κ3) is 4.81. The summed E-state index contributed by atoms with van der Waals surface area (Å²) in [6.07, 6.45) is 3.36. The molecule has 2 rings (SSSR count). The number of ether oxygens (including phenoxy) is 1. The van der Waals surface area contributed by atoms with Crippen LogP contribution in [-0.4, -0.2) is 24.5 Å². The van der Waals surface area contributed by atoms with Crippen molar-refractivity contribution in [3.63, 3.8) is 0 Å². The van der Waals surface area contributed by atoms with Crippen molar-refractivity contribution in [2.45, 2.75) is 53.0 Å². The first-order valence-electron chi connectivity index (χ1n) is 8.41. The highest BCUT2D eigenvalue weighted by molar-refractivity contribution is 5.91. The molecule has 4 nitrogen and oxygen atoms in total. The van der Waals surface area contributed by atoms with Gasteiger partial charge in [-0.3, -0.25) is 4.79 Å². The van der Waals surface area contributed by atoms with Gasteiger partial charge in [-0.05, 0) is 44.2 Å². The third-order valence-corrected chi connectivity index (χ3v) is 4.84. The van der Waals surface area contributed by atoms with Gasteiger partial charge in [-0.25, -0.2) is 4.79 Å². The first kappa shape index (κ1) is 17.5. The maximum absolute atomic E-state index is 12.1. The normalized spacial score (nSPS) is 24.1. The number of esters is 1. The fourth-order valence-electron chi connectivity index (χ4n) is 3.34. The molecule has 1 aliphatic carbocycles. The molecule has 1 amide bonds. The second-order valence-corrected chi connectivity index (χ2v) is 6.89. The van der Waals surface area contributed by atoms with E-state index in [1.54, 1.807) is 12.1 Å². The van der Waals surface area contributed by atoms with Gasteiger partial charge in [0.15, 0.2) is 6.61 Å². The molecule has 1 aliphatic rings. The molecule has 0 spiro atoms. The number of hydrogen-bond acceptors (Lipinski definition) is 3. The lowest BCUT2D eigenvalue weighted by Crippen LogP contribution is -2.45. The van der Waals surface area contributed by atoms with E-state index in [1.807, 2.05) is 19.9 Å². The molecule has 1 aromatic carbocycles. The molecule has 1 N–H and O–H groups in total. The van der Waals surface area contributed by atoms with Crippen molar-refractivity contribution in [2.75, 3.05) is 6.61 Å². The fraction of sp³-hybridized carbons (Fsp3) is 0.579. The predicted octanol–water partition coefficient (Wildman–Crippen LogP) is 3.40. The smallest absolute Gasteiger partial charge is 0.338 e. The summed E-state index contributed by atoms with van der Waals surface area (Å²) in [5, 5.41) is 3.01. The largest absolute Gasteiger partial charge is 0.452 e. The Morgan fingerprint density at radius 3 is 2.43 bits per heavy atom. The average Bonchev–Trinajstić information content (AvgIpc) is 2.48. The van der Waals surface area contributed by atoms with Crippen LogP contribution in [0, 0.1) is 25.7 Å². The highest BCUT2D eigenvalue weighted by Gasteiger charge is 2.28. The average molecular weight is 317 g/mol. The first-order valence-corrected chi connectivity index (χ1v) is 8.41. The quantitative estimate of drug-likeness (QED) is 0.866. The maximum Gasteiger partial charge on any atom is 0.338 e. The molecule has 0 saturated heterocycles. The van der Waals surface area contributed by atoms with Crippen molar-refractivity contribution in [1.82, 2.24) is 5.32 Å². The van der Waals surface area contributed by atoms with E-state index in [2.05, 4.69) is 19.2 Å². The van der Waals surface area contributed by atoms with Gasteiger partial charge in [-0.1, -0.05) is 43.9 Å². The van der Waals surface area contributed by atoms with Gasteiger partial charge in [-0.15, -0.1) is 0 Å². The molecule has 23 heavy (non-hydrogen) atoms. The molecule has 0 unspecified atom stereocenters. The highest BCUT2D eigenvalue weighted by Crippen LogP contribution is 2.29. The summed E-state index contributed by atoms with van der Waals surface area (Å²) in [5.74, 6) is 0.417. The van der Waals surface area contributed by atoms with Crippen molar-refractivity contribution >= 4 is 11.9 Å². The Hall–Kier alpha value is -1.84. The van der Waals surface area contributed by atoms with Crippen LogP contribution in [0.4, 0.5) is 0 Å². The number of aryl methyl sites for hydroxylation is 2. The standard InChI is InChI=1S/C19H27NO3/c1-12-8-13(2)10-16(9-12)19(22)23-11-18(21)20-17-7-5-6-14(3)15(17)4/h8-10,14-15,17H,5-7,11H2,1-4H3,(H,20,21)/t14-,15+,17-/m1/s1. The van der Waals surface area contributed by atoms with Crippen LogP contribution in [0.5, 0.6) is 0 Å². The summed E-state index contributed by atoms with van der Waals surface area (Å²) in [7, 11) is 0. The molecule has 126 valence electrons. The Bertz CT molecular complexity index is 562. The number of carbonyl (C=O) groups excluding carboxylic acids is 2. The Morgan fingerprint density at radius 1 is 1.13 bits per heavy atom. The van der Waals surface area contributed by atoms with Crippen molar-refractivity contribution in [3.05, 3.63) is 34.9 Å². The lowest BCUT2D eigenvalue weighted by molar-refractivity contribution is -0.125. The van der Waals surface area contributed by atoms with Crippen molar-refractivity contribution in [2.24, 2.45) is 11.8 Å². The zero-order valence-corrected chi connectivity index (χ0v) is 14.5. The third-order valence-electron chi connectivity index (χ3n) is 4.84. The molecule has 3 atom stereocenters. The van der Waals surface area contributed by atoms with Crippen LogP contribution in [-0.2, 0) is 9.53 Å². The Labute approximate surface area is 138 Å². The maximum atomic E-state index is 12.1. The SMILES string of the molecule is Cc1cc(C)cc(C(=O)OCC(=O)N[C@@H]2CCC[C@@H](C)[C@@H]2C)c1. The molecular weight excluding hydrogens is 290 g/mol. The summed E-state index contributed by atoms with van der Waals surface area (Å²) in [6.45, 7) is 8.05. The molecule has 0 radical (unpaired) electrons. The van der Waals surface area contributed by atoms with E-state index in [-0.39, 0.29) is 18.6 Å². The zero-order chi connectivity index (χ0) is 17.0. The number of hydrogen-bond donors (Lipinski definition) is 1. The number of carbonyl (C=O) groups is 2. The number of benzene rings is 1. The molecule has 1 fully saturated rings. The number of amides is 1. The van der Waals surface area contributed by atoms with Crippen LogP contribution in [0.1, 0.15) is 54.6 Å². The molecule has 0 bridgehead atoms. The minimum absolute atomic E-state index is 0.186. The van der Waals surface area contributed by atoms with Crippen molar-refractivity contribution in [1.29, 1.82) is 0 Å². The number of rotatable bonds is 4. The van der Waals surface area contributed by atoms with E-state index in [4.69, 9.17) is 4.74 Å². The predicted molar refractivity (Wildman–Crippen MR) is 90.3 cm³/mol. The second kappa shape index (κ2) is 7.62. The molecule has 4 heteroatoms. The van der Waals surface area contributed by atoms with Gasteiger partial charge in [0.2, 0.25) is 0 Å². The van der Waals surface area contributed by atoms with Gasteiger partial charge < -0.3 is 10.1 Å². The van der Waals surface area contributed by atoms with E-state index >= 15 is 0 Å². The van der Waals surface area contributed by atoms with Gasteiger partial charge in [0, 0.05) is 6.04 Å². The summed E-state index contributed by atoms with van der Waals surface area (Å²) in [6, 6.07) is 5.73. The van der Waals surface area contributed by atoms with E-state index in [0.29, 0.717) is 17.4 Å². The fourth-order valence-corrected chi connectivity index (χ4v) is 3.34. The van der Waals surface area contributed by atoms with Crippen molar-refractivity contribution < 1.29 is 14.3 Å². The molecule has 0 aliphatic heterocycles. The zero-order valence-electron chi connectivity index (χ0n) is 14.5. The van der Waals surface area contributed by atoms with Crippen LogP contribution in [0.15, 0.2) is 18.2 Å². The van der Waals surface area contributed by atoms with Gasteiger partial charge in [0.25, 0.3) is 5.91 Å². The molecule has 1 saturated carbocycles. The van der Waals surface area contributed by atoms with Gasteiger partial charge in [0.05, 0.1) is 5.56 Å². The monoisotopic (exact) mass is 317 g/mol. The molecule has 1 aromatic rings. The first-order chi connectivity index (χ1) is 10.9. The minimum atomic E-state index is -0.447. The summed E-state index contributed by atoms with van der Waals surface area (Å²) in [5.41, 5.74) is 2.51. The Balaban J connectivity index is 1.85. The lowest BCUT2D eigenvalue weighted by Gasteiger charge is -2.34. The number of nitrogens with one attached hydrogen (secondary N) is 1. The van der Waals surface area contributed by atoms with Gasteiger partial charge in [0.1, 0.15) is 0 Å². The second-order valence-electron chi connectivity index (χ2n) is 6.89. The Kier molecular flexibility index (Phi) is 5.80. The molecular formula is C19H27NO3. The topological polar surface area (TPSA) is 55.4 Å². The van der Waals surface area contributed by atoms with Crippen LogP contribution >= 0.6 is 0 Å². The van der Waals surface area contributed by atoms with Crippen LogP contribution < -0.4 is 5.32 Å². The summed E-state index contributed by atoms with van der Waals surface area (Å²) < 4.78 is 5.15. The highest BCUT2D eigenvalue weighted by atomic mass is 16.5. The van der Waals surface area contributed by atoms with E-state index in [1.165, 1.54) is 6.42 Å². The summed E-state index contributed by atoms with van der Waals surface area (Å²) >= 11 is 0. The minimum Gasteiger partial charge on any atom is -0.452 e. The van der Waals surface area contributed by atoms with Crippen LogP contribution in [0.25, 0.3) is 0 Å².